The highest BCUT2D eigenvalue weighted by molar-refractivity contribution is 5.44. The zero-order valence-electron chi connectivity index (χ0n) is 11.0. The van der Waals surface area contributed by atoms with Crippen molar-refractivity contribution in [3.05, 3.63) is 59.5 Å². The molecule has 0 bridgehead atoms. The maximum Gasteiger partial charge on any atom is 0.164 e. The third-order valence-electron chi connectivity index (χ3n) is 3.13. The van der Waals surface area contributed by atoms with Gasteiger partial charge in [-0.25, -0.2) is 0 Å². The molecule has 0 aliphatic carbocycles. The number of pyridine rings is 1. The Hall–Kier alpha value is -2.36. The Labute approximate surface area is 111 Å². The van der Waals surface area contributed by atoms with E-state index in [1.54, 1.807) is 7.11 Å². The predicted octanol–water partition coefficient (Wildman–Crippen LogP) is 2.64. The Balaban J connectivity index is 1.97. The fourth-order valence-electron chi connectivity index (χ4n) is 2.17. The highest BCUT2D eigenvalue weighted by Gasteiger charge is 2.07. The molecule has 3 aromatic rings. The van der Waals surface area contributed by atoms with E-state index in [1.807, 2.05) is 22.7 Å². The van der Waals surface area contributed by atoms with Gasteiger partial charge in [-0.15, -0.1) is 10.2 Å². The molecule has 0 N–H and O–H groups in total. The summed E-state index contributed by atoms with van der Waals surface area (Å²) in [5, 5.41) is 8.43. The van der Waals surface area contributed by atoms with Crippen LogP contribution in [0.15, 0.2) is 42.6 Å². The predicted molar refractivity (Wildman–Crippen MR) is 73.5 cm³/mol. The molecular formula is C15H15N3O. The maximum atomic E-state index is 5.18. The minimum atomic E-state index is 0.773. The molecule has 0 spiro atoms. The van der Waals surface area contributed by atoms with Crippen molar-refractivity contribution in [1.29, 1.82) is 0 Å². The number of hydrogen-bond donors (Lipinski definition) is 0. The van der Waals surface area contributed by atoms with E-state index >= 15 is 0 Å². The second-order valence-corrected chi connectivity index (χ2v) is 4.58. The van der Waals surface area contributed by atoms with Crippen molar-refractivity contribution in [2.45, 2.75) is 13.3 Å². The van der Waals surface area contributed by atoms with Gasteiger partial charge in [-0.1, -0.05) is 29.8 Å². The van der Waals surface area contributed by atoms with Crippen LogP contribution in [0.2, 0.25) is 0 Å². The molecule has 1 aromatic carbocycles. The molecule has 0 atom stereocenters. The van der Waals surface area contributed by atoms with Gasteiger partial charge in [0.2, 0.25) is 0 Å². The highest BCUT2D eigenvalue weighted by atomic mass is 16.5. The van der Waals surface area contributed by atoms with E-state index in [0.29, 0.717) is 0 Å². The molecule has 96 valence electrons. The van der Waals surface area contributed by atoms with Crippen LogP contribution in [0, 0.1) is 6.92 Å². The summed E-state index contributed by atoms with van der Waals surface area (Å²) in [6.07, 6.45) is 2.72. The minimum absolute atomic E-state index is 0.773. The Morgan fingerprint density at radius 1 is 1.16 bits per heavy atom. The first-order valence-electron chi connectivity index (χ1n) is 6.19. The van der Waals surface area contributed by atoms with Crippen molar-refractivity contribution in [2.75, 3.05) is 7.11 Å². The van der Waals surface area contributed by atoms with Crippen LogP contribution < -0.4 is 4.74 Å². The number of rotatable bonds is 3. The van der Waals surface area contributed by atoms with Crippen molar-refractivity contribution >= 4 is 5.65 Å². The number of hydrogen-bond acceptors (Lipinski definition) is 3. The highest BCUT2D eigenvalue weighted by Crippen LogP contribution is 2.15. The molecule has 0 fully saturated rings. The van der Waals surface area contributed by atoms with E-state index in [9.17, 15) is 0 Å². The number of aromatic nitrogens is 3. The van der Waals surface area contributed by atoms with Crippen LogP contribution >= 0.6 is 0 Å². The SMILES string of the molecule is COc1ccn2c(Cc3cccc(C)c3)nnc2c1. The van der Waals surface area contributed by atoms with Gasteiger partial charge in [0.25, 0.3) is 0 Å². The summed E-state index contributed by atoms with van der Waals surface area (Å²) >= 11 is 0. The molecule has 4 nitrogen and oxygen atoms in total. The molecule has 0 aliphatic rings. The largest absolute Gasteiger partial charge is 0.497 e. The maximum absolute atomic E-state index is 5.18. The van der Waals surface area contributed by atoms with Crippen LogP contribution in [-0.2, 0) is 6.42 Å². The fraction of sp³-hybridized carbons (Fsp3) is 0.200. The number of fused-ring (bicyclic) bond motifs is 1. The molecular weight excluding hydrogens is 238 g/mol. The second kappa shape index (κ2) is 4.72. The van der Waals surface area contributed by atoms with E-state index < -0.39 is 0 Å². The average Bonchev–Trinajstić information content (AvgIpc) is 2.81. The van der Waals surface area contributed by atoms with E-state index in [1.165, 1.54) is 11.1 Å². The van der Waals surface area contributed by atoms with Crippen molar-refractivity contribution in [3.63, 3.8) is 0 Å². The van der Waals surface area contributed by atoms with Crippen LogP contribution in [0.25, 0.3) is 5.65 Å². The van der Waals surface area contributed by atoms with Gasteiger partial charge < -0.3 is 4.74 Å². The Morgan fingerprint density at radius 3 is 2.84 bits per heavy atom. The monoisotopic (exact) mass is 253 g/mol. The molecule has 2 aromatic heterocycles. The quantitative estimate of drug-likeness (QED) is 0.720. The summed E-state index contributed by atoms with van der Waals surface area (Å²) in [5.74, 6) is 1.73. The number of nitrogens with zero attached hydrogens (tertiary/aromatic N) is 3. The Kier molecular flexibility index (Phi) is 2.91. The summed E-state index contributed by atoms with van der Waals surface area (Å²) in [4.78, 5) is 0. The van der Waals surface area contributed by atoms with Crippen LogP contribution in [0.5, 0.6) is 5.75 Å². The molecule has 19 heavy (non-hydrogen) atoms. The third kappa shape index (κ3) is 2.29. The van der Waals surface area contributed by atoms with Crippen LogP contribution in [0.1, 0.15) is 17.0 Å². The first kappa shape index (κ1) is 11.7. The molecule has 0 aliphatic heterocycles. The smallest absolute Gasteiger partial charge is 0.164 e. The topological polar surface area (TPSA) is 39.4 Å². The molecule has 0 amide bonds. The van der Waals surface area contributed by atoms with Gasteiger partial charge >= 0.3 is 0 Å². The van der Waals surface area contributed by atoms with E-state index in [-0.39, 0.29) is 0 Å². The lowest BCUT2D eigenvalue weighted by Crippen LogP contribution is -1.97. The molecule has 4 heteroatoms. The van der Waals surface area contributed by atoms with Crippen LogP contribution in [0.3, 0.4) is 0 Å². The Bertz CT molecular complexity index is 718. The zero-order valence-corrected chi connectivity index (χ0v) is 11.0. The molecule has 3 rings (SSSR count). The van der Waals surface area contributed by atoms with Crippen LogP contribution in [-0.4, -0.2) is 21.7 Å². The number of methoxy groups -OCH3 is 1. The first-order valence-corrected chi connectivity index (χ1v) is 6.19. The lowest BCUT2D eigenvalue weighted by Gasteiger charge is -2.03. The Morgan fingerprint density at radius 2 is 2.05 bits per heavy atom. The molecule has 0 unspecified atom stereocenters. The third-order valence-corrected chi connectivity index (χ3v) is 3.13. The van der Waals surface area contributed by atoms with E-state index in [0.717, 1.165) is 23.6 Å². The van der Waals surface area contributed by atoms with Gasteiger partial charge in [0.15, 0.2) is 5.65 Å². The van der Waals surface area contributed by atoms with Gasteiger partial charge in [0.05, 0.1) is 7.11 Å². The lowest BCUT2D eigenvalue weighted by atomic mass is 10.1. The lowest BCUT2D eigenvalue weighted by molar-refractivity contribution is 0.414. The van der Waals surface area contributed by atoms with Gasteiger partial charge in [-0.05, 0) is 18.6 Å². The molecule has 0 radical (unpaired) electrons. The fourth-order valence-corrected chi connectivity index (χ4v) is 2.17. The second-order valence-electron chi connectivity index (χ2n) is 4.58. The first-order chi connectivity index (χ1) is 9.26. The summed E-state index contributed by atoms with van der Waals surface area (Å²) in [5.41, 5.74) is 3.31. The zero-order chi connectivity index (χ0) is 13.2. The van der Waals surface area contributed by atoms with Gasteiger partial charge in [-0.2, -0.15) is 0 Å². The summed E-state index contributed by atoms with van der Waals surface area (Å²) in [7, 11) is 1.65. The van der Waals surface area contributed by atoms with Crippen LogP contribution in [0.4, 0.5) is 0 Å². The number of aryl methyl sites for hydroxylation is 1. The van der Waals surface area contributed by atoms with Crippen molar-refractivity contribution in [1.82, 2.24) is 14.6 Å². The summed E-state index contributed by atoms with van der Waals surface area (Å²) < 4.78 is 7.18. The number of benzene rings is 1. The molecule has 2 heterocycles. The summed E-state index contributed by atoms with van der Waals surface area (Å²) in [6, 6.07) is 12.2. The van der Waals surface area contributed by atoms with Crippen molar-refractivity contribution < 1.29 is 4.74 Å². The normalized spacial score (nSPS) is 10.8. The van der Waals surface area contributed by atoms with Gasteiger partial charge in [0, 0.05) is 18.7 Å². The van der Waals surface area contributed by atoms with Gasteiger partial charge in [0.1, 0.15) is 11.6 Å². The molecule has 0 saturated carbocycles. The van der Waals surface area contributed by atoms with Gasteiger partial charge in [-0.3, -0.25) is 4.40 Å². The minimum Gasteiger partial charge on any atom is -0.497 e. The van der Waals surface area contributed by atoms with Crippen molar-refractivity contribution in [2.24, 2.45) is 0 Å². The van der Waals surface area contributed by atoms with E-state index in [4.69, 9.17) is 4.74 Å². The van der Waals surface area contributed by atoms with E-state index in [2.05, 4.69) is 41.4 Å². The number of ether oxygens (including phenoxy) is 1. The standard InChI is InChI=1S/C15H15N3O/c1-11-4-3-5-12(8-11)9-14-16-17-15-10-13(19-2)6-7-18(14)15/h3-8,10H,9H2,1-2H3. The average molecular weight is 253 g/mol. The van der Waals surface area contributed by atoms with Crippen molar-refractivity contribution in [3.8, 4) is 5.75 Å². The summed E-state index contributed by atoms with van der Waals surface area (Å²) in [6.45, 7) is 2.09. The molecule has 0 saturated heterocycles.